The Morgan fingerprint density at radius 3 is 2.21 bits per heavy atom. The van der Waals surface area contributed by atoms with Gasteiger partial charge in [0.25, 0.3) is 0 Å². The number of rotatable bonds is 9. The van der Waals surface area contributed by atoms with Crippen LogP contribution in [0.3, 0.4) is 0 Å². The fraction of sp³-hybridized carbons (Fsp3) is 0.440. The van der Waals surface area contributed by atoms with Crippen LogP contribution in [0.25, 0.3) is 0 Å². The van der Waals surface area contributed by atoms with E-state index < -0.39 is 11.2 Å². The normalized spacial score (nSPS) is 23.8. The fourth-order valence-electron chi connectivity index (χ4n) is 4.39. The van der Waals surface area contributed by atoms with E-state index in [1.165, 1.54) is 0 Å². The van der Waals surface area contributed by atoms with Crippen molar-refractivity contribution in [3.63, 3.8) is 0 Å². The molecule has 29 heavy (non-hydrogen) atoms. The quantitative estimate of drug-likeness (QED) is 0.624. The standard InChI is InChI=1S/C25H32O4/c1-6-7-15-21-23(29-18(2)3)25(28-5,20-16-11-12-17-22(20)27-4)24(21,26)19-13-9-8-10-14-19/h8-14,16-18,26H,6-7,15H2,1-5H3. The van der Waals surface area contributed by atoms with Crippen LogP contribution < -0.4 is 4.74 Å². The fourth-order valence-corrected chi connectivity index (χ4v) is 4.39. The van der Waals surface area contributed by atoms with Crippen LogP contribution in [0.5, 0.6) is 5.75 Å². The highest BCUT2D eigenvalue weighted by atomic mass is 16.6. The first-order valence-corrected chi connectivity index (χ1v) is 10.3. The highest BCUT2D eigenvalue weighted by molar-refractivity contribution is 5.60. The Morgan fingerprint density at radius 2 is 1.62 bits per heavy atom. The average Bonchev–Trinajstić information content (AvgIpc) is 2.74. The Balaban J connectivity index is 2.33. The van der Waals surface area contributed by atoms with Gasteiger partial charge in [-0.3, -0.25) is 0 Å². The molecule has 1 aliphatic rings. The average molecular weight is 397 g/mol. The Labute approximate surface area is 174 Å². The molecule has 4 heteroatoms. The zero-order chi connectivity index (χ0) is 21.1. The van der Waals surface area contributed by atoms with Crippen LogP contribution in [-0.4, -0.2) is 25.4 Å². The maximum atomic E-state index is 12.3. The van der Waals surface area contributed by atoms with E-state index in [-0.39, 0.29) is 6.10 Å². The zero-order valence-electron chi connectivity index (χ0n) is 18.1. The van der Waals surface area contributed by atoms with Crippen molar-refractivity contribution < 1.29 is 19.3 Å². The number of benzene rings is 2. The summed E-state index contributed by atoms with van der Waals surface area (Å²) in [5.74, 6) is 1.35. The lowest BCUT2D eigenvalue weighted by Gasteiger charge is -2.57. The molecule has 3 rings (SSSR count). The van der Waals surface area contributed by atoms with E-state index in [0.29, 0.717) is 11.5 Å². The molecule has 0 heterocycles. The van der Waals surface area contributed by atoms with E-state index in [0.717, 1.165) is 36.0 Å². The number of aliphatic hydroxyl groups is 1. The molecule has 2 unspecified atom stereocenters. The van der Waals surface area contributed by atoms with Gasteiger partial charge in [-0.15, -0.1) is 0 Å². The molecule has 2 aromatic rings. The van der Waals surface area contributed by atoms with Crippen LogP contribution in [0, 0.1) is 0 Å². The van der Waals surface area contributed by atoms with E-state index in [9.17, 15) is 5.11 Å². The van der Waals surface area contributed by atoms with Crippen LogP contribution in [0.1, 0.15) is 51.2 Å². The maximum absolute atomic E-state index is 12.3. The lowest BCUT2D eigenvalue weighted by atomic mass is 9.57. The second-order valence-corrected chi connectivity index (χ2v) is 7.74. The number of hydrogen-bond acceptors (Lipinski definition) is 4. The third kappa shape index (κ3) is 3.24. The van der Waals surface area contributed by atoms with Crippen LogP contribution in [0.15, 0.2) is 65.9 Å². The summed E-state index contributed by atoms with van der Waals surface area (Å²) in [5.41, 5.74) is -0.111. The summed E-state index contributed by atoms with van der Waals surface area (Å²) in [7, 11) is 3.26. The molecule has 0 saturated heterocycles. The molecule has 0 bridgehead atoms. The van der Waals surface area contributed by atoms with Gasteiger partial charge in [0, 0.05) is 18.2 Å². The third-order valence-corrected chi connectivity index (χ3v) is 5.66. The zero-order valence-corrected chi connectivity index (χ0v) is 18.1. The van der Waals surface area contributed by atoms with Crippen LogP contribution in [0.2, 0.25) is 0 Å². The van der Waals surface area contributed by atoms with Crippen molar-refractivity contribution in [2.24, 2.45) is 0 Å². The van der Waals surface area contributed by atoms with E-state index in [2.05, 4.69) is 6.92 Å². The molecule has 156 valence electrons. The predicted molar refractivity (Wildman–Crippen MR) is 115 cm³/mol. The van der Waals surface area contributed by atoms with Crippen molar-refractivity contribution >= 4 is 0 Å². The molecule has 2 aromatic carbocycles. The number of methoxy groups -OCH3 is 2. The first-order valence-electron chi connectivity index (χ1n) is 10.3. The maximum Gasteiger partial charge on any atom is 0.190 e. The van der Waals surface area contributed by atoms with Crippen molar-refractivity contribution in [2.75, 3.05) is 14.2 Å². The van der Waals surface area contributed by atoms with E-state index in [4.69, 9.17) is 14.2 Å². The van der Waals surface area contributed by atoms with Crippen molar-refractivity contribution in [1.29, 1.82) is 0 Å². The Kier molecular flexibility index (Phi) is 6.35. The van der Waals surface area contributed by atoms with Crippen LogP contribution >= 0.6 is 0 Å². The predicted octanol–water partition coefficient (Wildman–Crippen LogP) is 5.31. The molecule has 0 saturated carbocycles. The van der Waals surface area contributed by atoms with Crippen molar-refractivity contribution in [3.8, 4) is 5.75 Å². The summed E-state index contributed by atoms with van der Waals surface area (Å²) in [5, 5.41) is 12.3. The molecule has 0 aliphatic heterocycles. The van der Waals surface area contributed by atoms with Crippen molar-refractivity contribution in [2.45, 2.75) is 57.3 Å². The third-order valence-electron chi connectivity index (χ3n) is 5.66. The minimum atomic E-state index is -1.35. The molecular formula is C25H32O4. The number of hydrogen-bond donors (Lipinski definition) is 1. The summed E-state index contributed by atoms with van der Waals surface area (Å²) in [6.07, 6.45) is 2.68. The molecule has 0 radical (unpaired) electrons. The van der Waals surface area contributed by atoms with Gasteiger partial charge in [0.1, 0.15) is 11.5 Å². The van der Waals surface area contributed by atoms with Crippen molar-refractivity contribution in [1.82, 2.24) is 0 Å². The van der Waals surface area contributed by atoms with Crippen LogP contribution in [-0.2, 0) is 20.7 Å². The highest BCUT2D eigenvalue weighted by Gasteiger charge is 2.69. The second-order valence-electron chi connectivity index (χ2n) is 7.74. The Hall–Kier alpha value is -2.30. The summed E-state index contributed by atoms with van der Waals surface area (Å²) in [6.45, 7) is 6.13. The second kappa shape index (κ2) is 8.60. The number of para-hydroxylation sites is 1. The monoisotopic (exact) mass is 396 g/mol. The van der Waals surface area contributed by atoms with Gasteiger partial charge in [-0.1, -0.05) is 61.9 Å². The summed E-state index contributed by atoms with van der Waals surface area (Å²) in [4.78, 5) is 0. The summed E-state index contributed by atoms with van der Waals surface area (Å²) < 4.78 is 18.2. The summed E-state index contributed by atoms with van der Waals surface area (Å²) >= 11 is 0. The molecule has 4 nitrogen and oxygen atoms in total. The van der Waals surface area contributed by atoms with Gasteiger partial charge in [0.2, 0.25) is 0 Å². The molecule has 0 amide bonds. The molecule has 0 fully saturated rings. The van der Waals surface area contributed by atoms with E-state index in [1.54, 1.807) is 14.2 Å². The van der Waals surface area contributed by atoms with Gasteiger partial charge in [-0.2, -0.15) is 0 Å². The Morgan fingerprint density at radius 1 is 0.966 bits per heavy atom. The number of ether oxygens (including phenoxy) is 3. The smallest absolute Gasteiger partial charge is 0.190 e. The largest absolute Gasteiger partial charge is 0.496 e. The SMILES string of the molecule is CCCCC1=C(OC(C)C)C(OC)(c2ccccc2OC)C1(O)c1ccccc1. The minimum absolute atomic E-state index is 0.0498. The molecular weight excluding hydrogens is 364 g/mol. The van der Waals surface area contributed by atoms with Gasteiger partial charge >= 0.3 is 0 Å². The van der Waals surface area contributed by atoms with Gasteiger partial charge in [-0.05, 0) is 38.3 Å². The molecule has 0 spiro atoms. The van der Waals surface area contributed by atoms with Gasteiger partial charge in [0.15, 0.2) is 11.2 Å². The Bertz CT molecular complexity index is 858. The molecule has 1 N–H and O–H groups in total. The van der Waals surface area contributed by atoms with E-state index >= 15 is 0 Å². The van der Waals surface area contributed by atoms with Gasteiger partial charge < -0.3 is 19.3 Å². The van der Waals surface area contributed by atoms with Gasteiger partial charge in [0.05, 0.1) is 13.2 Å². The molecule has 0 aromatic heterocycles. The van der Waals surface area contributed by atoms with Crippen LogP contribution in [0.4, 0.5) is 0 Å². The molecule has 2 atom stereocenters. The first-order chi connectivity index (χ1) is 14.0. The lowest BCUT2D eigenvalue weighted by Crippen LogP contribution is -2.62. The van der Waals surface area contributed by atoms with Gasteiger partial charge in [-0.25, -0.2) is 0 Å². The summed E-state index contributed by atoms with van der Waals surface area (Å²) in [6, 6.07) is 17.4. The highest BCUT2D eigenvalue weighted by Crippen LogP contribution is 2.64. The molecule has 1 aliphatic carbocycles. The topological polar surface area (TPSA) is 47.9 Å². The lowest BCUT2D eigenvalue weighted by molar-refractivity contribution is -0.204. The first kappa shape index (κ1) is 21.4. The minimum Gasteiger partial charge on any atom is -0.496 e. The van der Waals surface area contributed by atoms with E-state index in [1.807, 2.05) is 68.4 Å². The number of unbranched alkanes of at least 4 members (excludes halogenated alkanes) is 1. The van der Waals surface area contributed by atoms with Crippen molar-refractivity contribution in [3.05, 3.63) is 77.1 Å².